The van der Waals surface area contributed by atoms with Gasteiger partial charge in [-0.15, -0.1) is 10.3 Å². The largest absolute Gasteiger partial charge is 0.295 e. The Morgan fingerprint density at radius 2 is 1.70 bits per heavy atom. The van der Waals surface area contributed by atoms with E-state index in [4.69, 9.17) is 5.41 Å². The minimum Gasteiger partial charge on any atom is -0.295 e. The van der Waals surface area contributed by atoms with Gasteiger partial charge in [0.05, 0.1) is 11.3 Å². The van der Waals surface area contributed by atoms with Crippen molar-refractivity contribution in [2.75, 3.05) is 0 Å². The van der Waals surface area contributed by atoms with Gasteiger partial charge in [-0.25, -0.2) is 0 Å². The number of aliphatic imine (C=N–C) groups is 1. The lowest BCUT2D eigenvalue weighted by Crippen LogP contribution is -2.51. The maximum Gasteiger partial charge on any atom is 0.212 e. The maximum absolute atomic E-state index is 12.3. The number of nitrogens with zero attached hydrogens (tertiary/aromatic N) is 2. The summed E-state index contributed by atoms with van der Waals surface area (Å²) in [5, 5.41) is 21.2. The van der Waals surface area contributed by atoms with Crippen LogP contribution < -0.4 is 0 Å². The summed E-state index contributed by atoms with van der Waals surface area (Å²) in [6.45, 7) is 6.71. The van der Waals surface area contributed by atoms with Gasteiger partial charge in [-0.1, -0.05) is 30.3 Å². The second kappa shape index (κ2) is 4.61. The molecule has 0 aliphatic carbocycles. The molecule has 0 aromatic heterocycles. The van der Waals surface area contributed by atoms with Gasteiger partial charge in [0.2, 0.25) is 5.78 Å². The summed E-state index contributed by atoms with van der Waals surface area (Å²) >= 11 is 0. The van der Waals surface area contributed by atoms with Crippen molar-refractivity contribution >= 4 is 17.2 Å². The van der Waals surface area contributed by atoms with Crippen molar-refractivity contribution in [3.8, 4) is 0 Å². The van der Waals surface area contributed by atoms with E-state index in [9.17, 15) is 10.0 Å². The molecule has 105 valence electrons. The molecule has 1 aromatic carbocycles. The molecule has 2 rings (SSSR count). The van der Waals surface area contributed by atoms with Crippen LogP contribution >= 0.6 is 0 Å². The first-order chi connectivity index (χ1) is 9.18. The lowest BCUT2D eigenvalue weighted by Gasteiger charge is -2.31. The molecule has 1 aliphatic rings. The van der Waals surface area contributed by atoms with Gasteiger partial charge in [0.25, 0.3) is 0 Å². The van der Waals surface area contributed by atoms with Crippen LogP contribution in [-0.4, -0.2) is 33.5 Å². The fourth-order valence-electron chi connectivity index (χ4n) is 2.44. The van der Waals surface area contributed by atoms with Gasteiger partial charge >= 0.3 is 0 Å². The van der Waals surface area contributed by atoms with Crippen molar-refractivity contribution in [3.63, 3.8) is 0 Å². The van der Waals surface area contributed by atoms with Crippen LogP contribution in [0.1, 0.15) is 38.1 Å². The zero-order valence-corrected chi connectivity index (χ0v) is 12.1. The summed E-state index contributed by atoms with van der Waals surface area (Å²) < 4.78 is 0. The van der Waals surface area contributed by atoms with E-state index in [0.29, 0.717) is 5.56 Å². The normalized spacial score (nSPS) is 20.6. The van der Waals surface area contributed by atoms with Gasteiger partial charge in [-0.05, 0) is 27.7 Å². The number of hydrogen-bond donors (Lipinski definition) is 1. The molecule has 0 saturated carbocycles. The van der Waals surface area contributed by atoms with E-state index in [0.717, 1.165) is 5.06 Å². The highest BCUT2D eigenvalue weighted by atomic mass is 16.5. The molecule has 1 radical (unpaired) electrons. The van der Waals surface area contributed by atoms with Crippen molar-refractivity contribution in [1.82, 2.24) is 5.06 Å². The van der Waals surface area contributed by atoms with Crippen LogP contribution in [0.5, 0.6) is 0 Å². The fourth-order valence-corrected chi connectivity index (χ4v) is 2.44. The Morgan fingerprint density at radius 1 is 1.15 bits per heavy atom. The van der Waals surface area contributed by atoms with Crippen LogP contribution in [0, 0.1) is 5.41 Å². The predicted molar refractivity (Wildman–Crippen MR) is 76.6 cm³/mol. The first kappa shape index (κ1) is 14.6. The van der Waals surface area contributed by atoms with E-state index in [-0.39, 0.29) is 11.4 Å². The average molecular weight is 272 g/mol. The van der Waals surface area contributed by atoms with Crippen molar-refractivity contribution in [2.24, 2.45) is 4.99 Å². The van der Waals surface area contributed by atoms with Crippen molar-refractivity contribution in [1.29, 1.82) is 5.41 Å². The molecule has 0 amide bonds. The number of benzene rings is 1. The molecular formula is C15H18N3O2. The number of carbonyl (C=O) groups is 1. The summed E-state index contributed by atoms with van der Waals surface area (Å²) in [4.78, 5) is 16.6. The third-order valence-corrected chi connectivity index (χ3v) is 3.47. The molecule has 0 atom stereocenters. The third kappa shape index (κ3) is 2.19. The molecule has 0 fully saturated rings. The standard InChI is InChI=1S/C15H18N3O2/c1-14(2)13(17-15(3,4)18(14)20)11(16)12(19)10-8-6-5-7-9-10/h5-9,16H,1-4H3. The van der Waals surface area contributed by atoms with E-state index in [1.165, 1.54) is 0 Å². The molecule has 1 aromatic rings. The van der Waals surface area contributed by atoms with Crippen LogP contribution in [0.4, 0.5) is 0 Å². The molecule has 1 N–H and O–H groups in total. The lowest BCUT2D eigenvalue weighted by atomic mass is 9.91. The molecule has 20 heavy (non-hydrogen) atoms. The molecular weight excluding hydrogens is 254 g/mol. The van der Waals surface area contributed by atoms with Gasteiger partial charge in [0.15, 0.2) is 0 Å². The molecule has 0 bridgehead atoms. The quantitative estimate of drug-likeness (QED) is 0.678. The smallest absolute Gasteiger partial charge is 0.212 e. The summed E-state index contributed by atoms with van der Waals surface area (Å²) in [6.07, 6.45) is 0. The minimum absolute atomic E-state index is 0.215. The fraction of sp³-hybridized carbons (Fsp3) is 0.400. The minimum atomic E-state index is -0.981. The van der Waals surface area contributed by atoms with E-state index >= 15 is 0 Å². The Bertz CT molecular complexity index is 588. The molecule has 1 heterocycles. The summed E-state index contributed by atoms with van der Waals surface area (Å²) in [5.41, 5.74) is -1.48. The van der Waals surface area contributed by atoms with Crippen LogP contribution in [-0.2, 0) is 5.21 Å². The van der Waals surface area contributed by atoms with E-state index in [1.807, 2.05) is 0 Å². The average Bonchev–Trinajstić information content (AvgIpc) is 2.58. The Hall–Kier alpha value is -1.85. The summed E-state index contributed by atoms with van der Waals surface area (Å²) in [5.74, 6) is -0.413. The van der Waals surface area contributed by atoms with E-state index in [1.54, 1.807) is 58.0 Å². The summed E-state index contributed by atoms with van der Waals surface area (Å²) in [7, 11) is 0. The number of rotatable bonds is 3. The van der Waals surface area contributed by atoms with Gasteiger partial charge in [-0.3, -0.25) is 15.2 Å². The Labute approximate surface area is 118 Å². The van der Waals surface area contributed by atoms with Crippen molar-refractivity contribution in [3.05, 3.63) is 35.9 Å². The van der Waals surface area contributed by atoms with Crippen LogP contribution in [0.25, 0.3) is 0 Å². The number of nitrogens with one attached hydrogen (secondary N) is 1. The van der Waals surface area contributed by atoms with E-state index < -0.39 is 17.0 Å². The maximum atomic E-state index is 12.3. The van der Waals surface area contributed by atoms with Crippen molar-refractivity contribution in [2.45, 2.75) is 38.9 Å². The first-order valence-corrected chi connectivity index (χ1v) is 6.44. The van der Waals surface area contributed by atoms with Gasteiger partial charge in [0.1, 0.15) is 11.4 Å². The highest BCUT2D eigenvalue weighted by Gasteiger charge is 2.50. The number of hydroxylamine groups is 2. The Balaban J connectivity index is 2.37. The van der Waals surface area contributed by atoms with E-state index in [2.05, 4.69) is 4.99 Å². The second-order valence-corrected chi connectivity index (χ2v) is 5.88. The molecule has 0 spiro atoms. The third-order valence-electron chi connectivity index (χ3n) is 3.47. The Kier molecular flexibility index (Phi) is 3.36. The van der Waals surface area contributed by atoms with Crippen LogP contribution in [0.15, 0.2) is 35.3 Å². The lowest BCUT2D eigenvalue weighted by molar-refractivity contribution is -0.240. The topological polar surface area (TPSA) is 76.4 Å². The zero-order valence-electron chi connectivity index (χ0n) is 12.1. The summed E-state index contributed by atoms with van der Waals surface area (Å²) in [6, 6.07) is 8.59. The SMILES string of the molecule is CC1(C)N=C(C(=N)C(=O)c2ccccc2)C(C)(C)N1[O]. The van der Waals surface area contributed by atoms with Gasteiger partial charge in [0, 0.05) is 5.56 Å². The molecule has 1 aliphatic heterocycles. The zero-order chi connectivity index (χ0) is 15.1. The molecule has 0 unspecified atom stereocenters. The monoisotopic (exact) mass is 272 g/mol. The number of hydrogen-bond acceptors (Lipinski definition) is 4. The first-order valence-electron chi connectivity index (χ1n) is 6.44. The van der Waals surface area contributed by atoms with Gasteiger partial charge < -0.3 is 0 Å². The number of carbonyl (C=O) groups excluding carboxylic acids is 1. The highest BCUT2D eigenvalue weighted by molar-refractivity contribution is 6.70. The van der Waals surface area contributed by atoms with Crippen molar-refractivity contribution < 1.29 is 10.0 Å². The Morgan fingerprint density at radius 3 is 2.15 bits per heavy atom. The van der Waals surface area contributed by atoms with Crippen LogP contribution in [0.2, 0.25) is 0 Å². The highest BCUT2D eigenvalue weighted by Crippen LogP contribution is 2.34. The predicted octanol–water partition coefficient (Wildman–Crippen LogP) is 2.51. The van der Waals surface area contributed by atoms with Crippen LogP contribution in [0.3, 0.4) is 0 Å². The molecule has 5 nitrogen and oxygen atoms in total. The molecule has 0 saturated heterocycles. The van der Waals surface area contributed by atoms with Gasteiger partial charge in [-0.2, -0.15) is 0 Å². The number of ketones is 1. The molecule has 5 heteroatoms. The number of Topliss-reactive ketones (excluding diaryl/α,β-unsaturated/α-hetero) is 1. The second-order valence-electron chi connectivity index (χ2n) is 5.88.